The number of H-pyrrole nitrogens is 1. The molecule has 0 bridgehead atoms. The number of carbonyl (C=O) groups excluding carboxylic acids is 3. The van der Waals surface area contributed by atoms with Gasteiger partial charge >= 0.3 is 115 Å². The second-order valence-corrected chi connectivity index (χ2v) is 8.91. The second kappa shape index (κ2) is 28.8. The number of ether oxygens (including phenoxy) is 2. The van der Waals surface area contributed by atoms with Gasteiger partial charge < -0.3 is 21.0 Å². The summed E-state index contributed by atoms with van der Waals surface area (Å²) in [4.78, 5) is 49.4. The number of alkyl halides is 1. The molecule has 4 heterocycles. The van der Waals surface area contributed by atoms with Crippen molar-refractivity contribution in [3.63, 3.8) is 0 Å². The maximum Gasteiger partial charge on any atom is 1.00 e. The molecule has 1 N–H and O–H groups in total. The van der Waals surface area contributed by atoms with Gasteiger partial charge in [-0.25, -0.2) is 29.2 Å². The number of hydrogen-bond acceptors (Lipinski definition) is 13. The third-order valence-corrected chi connectivity index (χ3v) is 5.52. The first-order valence-electron chi connectivity index (χ1n) is 13.1. The normalized spacial score (nSPS) is 9.21. The Kier molecular flexibility index (Phi) is 29.5. The molecular formula is C26H32Cl3FK2N8O7. The summed E-state index contributed by atoms with van der Waals surface area (Å²) >= 11 is 16.8. The molecule has 4 aromatic rings. The van der Waals surface area contributed by atoms with Crippen molar-refractivity contribution in [3.8, 4) is 5.82 Å². The molecule has 0 saturated carbocycles. The van der Waals surface area contributed by atoms with Crippen molar-refractivity contribution < 1.29 is 144 Å². The standard InChI is InChI=1S/C12H13ClN4O2.C7H10N2O2.C5H4Cl2N2.CH3F.CH2O3.2K.H/c1-4-19-11(18)9-6-17(16-8(9)3)10-7(2)5-14-12(13)15-10;1-3-11-7(10)6-4-8-9-5(6)2;1-3-2-8-5(7)9-4(3)6;1-2;2-1-4-3;;;/h5-6H,4H2,1-3H3;4H,3H2,1-2H3,(H,8,9);2H,1H3;1H3;1,3H;;;/q;;;;;2*+1;-1/p-1/i;;;1D;;;;. The molecule has 47 heavy (non-hydrogen) atoms. The van der Waals surface area contributed by atoms with E-state index in [0.29, 0.717) is 41.0 Å². The van der Waals surface area contributed by atoms with Crippen LogP contribution in [0.3, 0.4) is 0 Å². The number of rotatable bonds is 6. The maximum absolute atomic E-state index is 11.7. The van der Waals surface area contributed by atoms with E-state index in [1.165, 1.54) is 10.9 Å². The van der Waals surface area contributed by atoms with Gasteiger partial charge in [0.05, 0.1) is 33.6 Å². The first-order valence-corrected chi connectivity index (χ1v) is 13.6. The van der Waals surface area contributed by atoms with Gasteiger partial charge in [-0.1, -0.05) is 11.6 Å². The molecule has 0 fully saturated rings. The molecule has 0 aliphatic rings. The van der Waals surface area contributed by atoms with Crippen LogP contribution >= 0.6 is 34.8 Å². The Morgan fingerprint density at radius 2 is 1.47 bits per heavy atom. The molecule has 4 rings (SSSR count). The van der Waals surface area contributed by atoms with Crippen molar-refractivity contribution >= 4 is 53.2 Å². The Balaban J connectivity index is -0.000000291. The molecule has 0 saturated heterocycles. The SMILES string of the molecule is CCOC(=O)c1cn(-c2nc(Cl)ncc2C)nc1C.CCOC(=O)c1cn[nH]c1C.Cc1cnc(Cl)nc1Cl.O=CO[O-].[2H]CF.[H-].[K+].[K+]. The fourth-order valence-electron chi connectivity index (χ4n) is 2.79. The minimum absolute atomic E-state index is 0. The fraction of sp³-hybridized carbons (Fsp3) is 0.346. The Labute approximate surface area is 373 Å². The Morgan fingerprint density at radius 1 is 0.979 bits per heavy atom. The van der Waals surface area contributed by atoms with Crippen molar-refractivity contribution in [3.05, 3.63) is 74.1 Å². The largest absolute Gasteiger partial charge is 1.00 e. The maximum atomic E-state index is 11.7. The van der Waals surface area contributed by atoms with Gasteiger partial charge in [0, 0.05) is 35.4 Å². The van der Waals surface area contributed by atoms with Crippen LogP contribution in [0.4, 0.5) is 4.39 Å². The number of aromatic nitrogens is 8. The van der Waals surface area contributed by atoms with E-state index in [2.05, 4.69) is 40.1 Å². The van der Waals surface area contributed by atoms with E-state index >= 15 is 0 Å². The molecule has 0 spiro atoms. The molecule has 0 amide bonds. The first-order chi connectivity index (χ1) is 21.8. The smallest absolute Gasteiger partial charge is 1.00 e. The summed E-state index contributed by atoms with van der Waals surface area (Å²) in [5.41, 5.74) is 3.88. The van der Waals surface area contributed by atoms with Crippen molar-refractivity contribution in [1.29, 1.82) is 0 Å². The number of aryl methyl sites for hydroxylation is 4. The molecule has 0 unspecified atom stereocenters. The van der Waals surface area contributed by atoms with E-state index in [9.17, 15) is 14.0 Å². The van der Waals surface area contributed by atoms with Crippen molar-refractivity contribution in [1.82, 2.24) is 39.9 Å². The summed E-state index contributed by atoms with van der Waals surface area (Å²) in [5.74, 6) is -0.179. The van der Waals surface area contributed by atoms with Gasteiger partial charge in [0.25, 0.3) is 6.47 Å². The average Bonchev–Trinajstić information content (AvgIpc) is 3.63. The minimum atomic E-state index is -1.00. The molecule has 0 radical (unpaired) electrons. The van der Waals surface area contributed by atoms with Gasteiger partial charge in [-0.3, -0.25) is 14.3 Å². The molecule has 0 aromatic carbocycles. The van der Waals surface area contributed by atoms with Crippen LogP contribution in [0.25, 0.3) is 5.82 Å². The van der Waals surface area contributed by atoms with Crippen LogP contribution in [0.1, 0.15) is 59.9 Å². The molecule has 4 aromatic heterocycles. The summed E-state index contributed by atoms with van der Waals surface area (Å²) in [6.45, 7) is 11.2. The van der Waals surface area contributed by atoms with E-state index in [0.717, 1.165) is 16.8 Å². The summed E-state index contributed by atoms with van der Waals surface area (Å²) in [6.07, 6.45) is 6.23. The number of carbonyl (C=O) groups is 3. The molecule has 248 valence electrons. The molecule has 21 heteroatoms. The molecule has 0 aliphatic heterocycles. The van der Waals surface area contributed by atoms with Crippen LogP contribution in [-0.4, -0.2) is 78.7 Å². The quantitative estimate of drug-likeness (QED) is 0.0440. The number of halogens is 4. The molecule has 0 atom stereocenters. The average molecular weight is 773 g/mol. The van der Waals surface area contributed by atoms with Crippen molar-refractivity contribution in [2.45, 2.75) is 41.5 Å². The van der Waals surface area contributed by atoms with Gasteiger partial charge in [0.1, 0.15) is 16.3 Å². The third kappa shape index (κ3) is 19.1. The first kappa shape index (κ1) is 48.1. The van der Waals surface area contributed by atoms with E-state index in [4.69, 9.17) is 55.7 Å². The van der Waals surface area contributed by atoms with Crippen molar-refractivity contribution in [2.75, 3.05) is 20.4 Å². The predicted octanol–water partition coefficient (Wildman–Crippen LogP) is -1.76. The molecule has 0 aliphatic carbocycles. The number of esters is 2. The van der Waals surface area contributed by atoms with Crippen LogP contribution in [0.15, 0.2) is 24.8 Å². The fourth-order valence-corrected chi connectivity index (χ4v) is 3.22. The minimum Gasteiger partial charge on any atom is -1.00 e. The zero-order chi connectivity index (χ0) is 35.2. The van der Waals surface area contributed by atoms with Gasteiger partial charge in [0.15, 0.2) is 5.82 Å². The molecule has 15 nitrogen and oxygen atoms in total. The number of hydrogen-bond donors (Lipinski definition) is 1. The Morgan fingerprint density at radius 3 is 1.89 bits per heavy atom. The number of aromatic amines is 1. The molecular weight excluding hydrogens is 740 g/mol. The van der Waals surface area contributed by atoms with Gasteiger partial charge in [-0.2, -0.15) is 15.2 Å². The van der Waals surface area contributed by atoms with E-state index in [1.54, 1.807) is 46.3 Å². The van der Waals surface area contributed by atoms with Crippen LogP contribution in [0.2, 0.25) is 15.7 Å². The van der Waals surface area contributed by atoms with Gasteiger partial charge in [-0.15, -0.1) is 0 Å². The Hall–Kier alpha value is -0.977. The van der Waals surface area contributed by atoms with Crippen LogP contribution < -0.4 is 108 Å². The third-order valence-electron chi connectivity index (χ3n) is 4.77. The number of nitrogens with zero attached hydrogens (tertiary/aromatic N) is 7. The van der Waals surface area contributed by atoms with Crippen LogP contribution in [-0.2, 0) is 19.2 Å². The zero-order valence-electron chi connectivity index (χ0n) is 29.0. The van der Waals surface area contributed by atoms with Crippen LogP contribution in [0.5, 0.6) is 0 Å². The number of nitrogens with one attached hydrogen (secondary N) is 1. The monoisotopic (exact) mass is 771 g/mol. The zero-order valence-corrected chi connectivity index (χ0v) is 35.5. The van der Waals surface area contributed by atoms with E-state index in [-0.39, 0.29) is 127 Å². The summed E-state index contributed by atoms with van der Waals surface area (Å²) < 4.78 is 26.7. The van der Waals surface area contributed by atoms with Crippen molar-refractivity contribution in [2.24, 2.45) is 0 Å². The predicted molar refractivity (Wildman–Crippen MR) is 161 cm³/mol. The second-order valence-electron chi connectivity index (χ2n) is 7.87. The summed E-state index contributed by atoms with van der Waals surface area (Å²) in [6, 6.07) is 0. The van der Waals surface area contributed by atoms with Crippen LogP contribution in [0, 0.1) is 27.7 Å². The van der Waals surface area contributed by atoms with Gasteiger partial charge in [-0.05, 0) is 64.7 Å². The summed E-state index contributed by atoms with van der Waals surface area (Å²) in [5, 5.41) is 19.8. The Bertz CT molecular complexity index is 1550. The topological polar surface area (TPSA) is 200 Å². The van der Waals surface area contributed by atoms with Gasteiger partial charge in [0.2, 0.25) is 10.6 Å². The summed E-state index contributed by atoms with van der Waals surface area (Å²) in [7, 11) is -1.00. The van der Waals surface area contributed by atoms with E-state index < -0.39 is 13.1 Å². The van der Waals surface area contributed by atoms with E-state index in [1.807, 2.05) is 13.8 Å².